The predicted octanol–water partition coefficient (Wildman–Crippen LogP) is 1.97. The Kier molecular flexibility index (Phi) is 5.03. The van der Waals surface area contributed by atoms with Crippen molar-refractivity contribution in [1.29, 1.82) is 0 Å². The largest absolute Gasteiger partial charge is 0.548 e. The van der Waals surface area contributed by atoms with Crippen LogP contribution >= 0.6 is 24.0 Å². The van der Waals surface area contributed by atoms with Crippen molar-refractivity contribution in [2.75, 3.05) is 0 Å². The molecule has 1 aliphatic rings. The van der Waals surface area contributed by atoms with Gasteiger partial charge in [0.25, 0.3) is 5.91 Å². The number of hydrogen-bond acceptors (Lipinski definition) is 5. The van der Waals surface area contributed by atoms with Gasteiger partial charge < -0.3 is 9.90 Å². The lowest BCUT2D eigenvalue weighted by Gasteiger charge is -2.30. The van der Waals surface area contributed by atoms with Gasteiger partial charge in [-0.05, 0) is 30.0 Å². The molecule has 0 bridgehead atoms. The monoisotopic (exact) mass is 334 g/mol. The summed E-state index contributed by atoms with van der Waals surface area (Å²) in [5.41, 5.74) is 1.95. The fourth-order valence-electron chi connectivity index (χ4n) is 2.29. The molecule has 0 unspecified atom stereocenters. The van der Waals surface area contributed by atoms with Crippen LogP contribution in [0.3, 0.4) is 0 Å². The second-order valence-corrected chi connectivity index (χ2v) is 7.09. The number of amides is 1. The van der Waals surface area contributed by atoms with Crippen molar-refractivity contribution in [2.45, 2.75) is 26.8 Å². The van der Waals surface area contributed by atoms with Crippen LogP contribution in [0.5, 0.6) is 0 Å². The number of benzene rings is 1. The molecular weight excluding hydrogens is 318 g/mol. The third-order valence-corrected chi connectivity index (χ3v) is 4.78. The number of hydrogen-bond donors (Lipinski definition) is 0. The number of carbonyl (C=O) groups excluding carboxylic acids is 2. The Hall–Kier alpha value is -1.66. The van der Waals surface area contributed by atoms with Gasteiger partial charge in [0.2, 0.25) is 0 Å². The summed E-state index contributed by atoms with van der Waals surface area (Å²) in [6, 6.07) is 6.61. The summed E-state index contributed by atoms with van der Waals surface area (Å²) in [4.78, 5) is 25.5. The van der Waals surface area contributed by atoms with Crippen molar-refractivity contribution in [3.63, 3.8) is 0 Å². The van der Waals surface area contributed by atoms with Gasteiger partial charge in [-0.2, -0.15) is 0 Å². The molecular formula is C16H16NO3S2-. The smallest absolute Gasteiger partial charge is 0.266 e. The van der Waals surface area contributed by atoms with Gasteiger partial charge in [0.1, 0.15) is 4.32 Å². The van der Waals surface area contributed by atoms with Crippen LogP contribution in [-0.2, 0) is 9.59 Å². The lowest BCUT2D eigenvalue weighted by atomic mass is 10.0. The maximum absolute atomic E-state index is 12.5. The van der Waals surface area contributed by atoms with Crippen molar-refractivity contribution in [2.24, 2.45) is 5.92 Å². The van der Waals surface area contributed by atoms with Crippen molar-refractivity contribution in [3.05, 3.63) is 40.3 Å². The first kappa shape index (κ1) is 16.7. The highest BCUT2D eigenvalue weighted by Crippen LogP contribution is 2.35. The summed E-state index contributed by atoms with van der Waals surface area (Å²) in [5, 5.41) is 11.3. The molecule has 22 heavy (non-hydrogen) atoms. The first-order valence-electron chi connectivity index (χ1n) is 6.86. The topological polar surface area (TPSA) is 60.4 Å². The summed E-state index contributed by atoms with van der Waals surface area (Å²) < 4.78 is 0.257. The van der Waals surface area contributed by atoms with Gasteiger partial charge >= 0.3 is 0 Å². The fourth-order valence-corrected chi connectivity index (χ4v) is 3.61. The number of carbonyl (C=O) groups is 2. The first-order chi connectivity index (χ1) is 10.3. The van der Waals surface area contributed by atoms with E-state index in [1.807, 2.05) is 31.2 Å². The third-order valence-electron chi connectivity index (χ3n) is 3.45. The normalized spacial score (nSPS) is 18.4. The van der Waals surface area contributed by atoms with Crippen LogP contribution in [0.2, 0.25) is 0 Å². The fraction of sp³-hybridized carbons (Fsp3) is 0.312. The number of nitrogens with zero attached hydrogens (tertiary/aromatic N) is 1. The van der Waals surface area contributed by atoms with Crippen LogP contribution in [-0.4, -0.2) is 27.1 Å². The maximum Gasteiger partial charge on any atom is 0.266 e. The molecule has 0 N–H and O–H groups in total. The Labute approximate surface area is 139 Å². The minimum absolute atomic E-state index is 0.257. The molecule has 1 saturated heterocycles. The molecule has 2 rings (SSSR count). The lowest BCUT2D eigenvalue weighted by Crippen LogP contribution is -2.52. The molecule has 1 aliphatic heterocycles. The number of carboxylic acid groups (broad SMARTS) is 1. The van der Waals surface area contributed by atoms with Gasteiger partial charge in [0, 0.05) is 0 Å². The van der Waals surface area contributed by atoms with E-state index < -0.39 is 12.0 Å². The van der Waals surface area contributed by atoms with E-state index in [9.17, 15) is 14.7 Å². The molecule has 0 spiro atoms. The Morgan fingerprint density at radius 2 is 2.00 bits per heavy atom. The Bertz CT molecular complexity index is 667. The summed E-state index contributed by atoms with van der Waals surface area (Å²) in [5.74, 6) is -1.95. The van der Waals surface area contributed by atoms with Gasteiger partial charge in [0.05, 0.1) is 16.9 Å². The van der Waals surface area contributed by atoms with E-state index in [-0.39, 0.29) is 16.1 Å². The average molecular weight is 334 g/mol. The second-order valence-electron chi connectivity index (χ2n) is 5.42. The van der Waals surface area contributed by atoms with Crippen LogP contribution in [0, 0.1) is 12.8 Å². The Balaban J connectivity index is 2.37. The molecule has 0 aromatic heterocycles. The highest BCUT2D eigenvalue weighted by atomic mass is 32.2. The standard InChI is InChI=1S/C16H17NO3S2/c1-9(2)13(15(19)20)17-14(18)12(22-16(17)21)8-11-7-5-4-6-10(11)3/h4-9,13H,1-3H3,(H,19,20)/p-1/b12-8-/t13-/m1/s1. The van der Waals surface area contributed by atoms with Crippen LogP contribution in [0.4, 0.5) is 0 Å². The first-order valence-corrected chi connectivity index (χ1v) is 8.09. The number of aliphatic carboxylic acids is 1. The zero-order valence-electron chi connectivity index (χ0n) is 12.5. The predicted molar refractivity (Wildman–Crippen MR) is 89.8 cm³/mol. The molecule has 116 valence electrons. The molecule has 1 heterocycles. The number of rotatable bonds is 4. The highest BCUT2D eigenvalue weighted by molar-refractivity contribution is 8.26. The van der Waals surface area contributed by atoms with E-state index in [1.165, 1.54) is 0 Å². The van der Waals surface area contributed by atoms with Crippen molar-refractivity contribution in [1.82, 2.24) is 4.90 Å². The molecule has 1 fully saturated rings. The minimum atomic E-state index is -1.29. The Morgan fingerprint density at radius 1 is 1.36 bits per heavy atom. The SMILES string of the molecule is Cc1ccccc1/C=C1\SC(=S)N([C@@H](C(=O)[O-])C(C)C)C1=O. The average Bonchev–Trinajstić information content (AvgIpc) is 2.69. The maximum atomic E-state index is 12.5. The molecule has 1 aromatic rings. The Morgan fingerprint density at radius 3 is 2.55 bits per heavy atom. The highest BCUT2D eigenvalue weighted by Gasteiger charge is 2.39. The molecule has 1 aromatic carbocycles. The molecule has 1 amide bonds. The van der Waals surface area contributed by atoms with E-state index in [1.54, 1.807) is 19.9 Å². The number of carboxylic acids is 1. The van der Waals surface area contributed by atoms with Crippen LogP contribution in [0.1, 0.15) is 25.0 Å². The van der Waals surface area contributed by atoms with Crippen molar-refractivity contribution < 1.29 is 14.7 Å². The molecule has 0 aliphatic carbocycles. The van der Waals surface area contributed by atoms with Gasteiger partial charge in [-0.25, -0.2) is 0 Å². The molecule has 0 radical (unpaired) electrons. The zero-order chi connectivity index (χ0) is 16.4. The lowest BCUT2D eigenvalue weighted by molar-refractivity contribution is -0.311. The van der Waals surface area contributed by atoms with Gasteiger partial charge in [-0.15, -0.1) is 0 Å². The van der Waals surface area contributed by atoms with Crippen LogP contribution in [0.25, 0.3) is 6.08 Å². The zero-order valence-corrected chi connectivity index (χ0v) is 14.2. The third kappa shape index (κ3) is 3.23. The van der Waals surface area contributed by atoms with Gasteiger partial charge in [0.15, 0.2) is 0 Å². The quantitative estimate of drug-likeness (QED) is 0.622. The molecule has 0 saturated carbocycles. The number of thioether (sulfide) groups is 1. The van der Waals surface area contributed by atoms with Crippen molar-refractivity contribution >= 4 is 46.3 Å². The second kappa shape index (κ2) is 6.62. The summed E-state index contributed by atoms with van der Waals surface area (Å²) in [6.07, 6.45) is 1.75. The summed E-state index contributed by atoms with van der Waals surface area (Å²) in [6.45, 7) is 5.40. The van der Waals surface area contributed by atoms with Crippen LogP contribution in [0.15, 0.2) is 29.2 Å². The number of aryl methyl sites for hydroxylation is 1. The summed E-state index contributed by atoms with van der Waals surface area (Å²) in [7, 11) is 0. The minimum Gasteiger partial charge on any atom is -0.548 e. The summed E-state index contributed by atoms with van der Waals surface area (Å²) >= 11 is 6.32. The van der Waals surface area contributed by atoms with Crippen molar-refractivity contribution in [3.8, 4) is 0 Å². The van der Waals surface area contributed by atoms with Crippen LogP contribution < -0.4 is 5.11 Å². The van der Waals surface area contributed by atoms with E-state index >= 15 is 0 Å². The number of thiocarbonyl (C=S) groups is 1. The van der Waals surface area contributed by atoms with Gasteiger partial charge in [-0.3, -0.25) is 9.69 Å². The van der Waals surface area contributed by atoms with E-state index in [0.717, 1.165) is 27.8 Å². The molecule has 6 heteroatoms. The molecule has 1 atom stereocenters. The van der Waals surface area contributed by atoms with Gasteiger partial charge in [-0.1, -0.05) is 62.1 Å². The van der Waals surface area contributed by atoms with E-state index in [4.69, 9.17) is 12.2 Å². The van der Waals surface area contributed by atoms with E-state index in [2.05, 4.69) is 0 Å². The molecule has 4 nitrogen and oxygen atoms in total. The van der Waals surface area contributed by atoms with E-state index in [0.29, 0.717) is 4.91 Å².